The summed E-state index contributed by atoms with van der Waals surface area (Å²) in [6.45, 7) is 6.66. The van der Waals surface area contributed by atoms with Gasteiger partial charge in [0.25, 0.3) is 0 Å². The first-order valence-electron chi connectivity index (χ1n) is 8.09. The zero-order chi connectivity index (χ0) is 15.2. The van der Waals surface area contributed by atoms with Crippen LogP contribution in [-0.2, 0) is 24.4 Å². The van der Waals surface area contributed by atoms with Crippen LogP contribution in [0.15, 0.2) is 36.7 Å². The molecule has 2 aromatic heterocycles. The molecule has 1 aliphatic heterocycles. The second-order valence-corrected chi connectivity index (χ2v) is 5.79. The minimum absolute atomic E-state index is 0.295. The summed E-state index contributed by atoms with van der Waals surface area (Å²) in [4.78, 5) is 6.75. The zero-order valence-corrected chi connectivity index (χ0v) is 13.2. The average Bonchev–Trinajstić information content (AvgIpc) is 3.02. The van der Waals surface area contributed by atoms with Gasteiger partial charge in [-0.15, -0.1) is 0 Å². The van der Waals surface area contributed by atoms with Gasteiger partial charge < -0.3 is 4.74 Å². The number of ether oxygens (including phenoxy) is 1. The predicted octanol–water partition coefficient (Wildman–Crippen LogP) is 2.48. The molecule has 118 valence electrons. The van der Waals surface area contributed by atoms with Gasteiger partial charge in [0.1, 0.15) is 0 Å². The van der Waals surface area contributed by atoms with Crippen LogP contribution in [-0.4, -0.2) is 38.9 Å². The summed E-state index contributed by atoms with van der Waals surface area (Å²) < 4.78 is 8.01. The number of likely N-dealkylation sites (tertiary alicyclic amines) is 1. The van der Waals surface area contributed by atoms with E-state index in [0.29, 0.717) is 12.7 Å². The van der Waals surface area contributed by atoms with E-state index in [2.05, 4.69) is 28.0 Å². The third-order valence-corrected chi connectivity index (χ3v) is 4.06. The second-order valence-electron chi connectivity index (χ2n) is 5.79. The Balaban J connectivity index is 1.48. The minimum atomic E-state index is 0.295. The van der Waals surface area contributed by atoms with E-state index in [1.807, 2.05) is 35.3 Å². The molecular weight excluding hydrogens is 276 g/mol. The number of hydrogen-bond donors (Lipinski definition) is 0. The summed E-state index contributed by atoms with van der Waals surface area (Å²) in [6.07, 6.45) is 6.47. The van der Waals surface area contributed by atoms with Gasteiger partial charge in [0.2, 0.25) is 0 Å². The van der Waals surface area contributed by atoms with Crippen molar-refractivity contribution in [3.05, 3.63) is 48.0 Å². The van der Waals surface area contributed by atoms with Crippen LogP contribution in [0.25, 0.3) is 0 Å². The molecule has 2 aromatic rings. The number of hydrogen-bond acceptors (Lipinski definition) is 4. The summed E-state index contributed by atoms with van der Waals surface area (Å²) >= 11 is 0. The van der Waals surface area contributed by atoms with E-state index in [0.717, 1.165) is 44.0 Å². The molecule has 3 heterocycles. The summed E-state index contributed by atoms with van der Waals surface area (Å²) in [6, 6.07) is 8.06. The highest BCUT2D eigenvalue weighted by atomic mass is 16.5. The van der Waals surface area contributed by atoms with Gasteiger partial charge in [-0.3, -0.25) is 14.6 Å². The van der Waals surface area contributed by atoms with Gasteiger partial charge in [-0.1, -0.05) is 6.07 Å². The Bertz CT molecular complexity index is 569. The molecule has 0 amide bonds. The molecule has 5 heteroatoms. The highest BCUT2D eigenvalue weighted by Crippen LogP contribution is 2.16. The molecule has 0 aromatic carbocycles. The van der Waals surface area contributed by atoms with Gasteiger partial charge in [0, 0.05) is 32.0 Å². The Morgan fingerprint density at radius 3 is 3.00 bits per heavy atom. The van der Waals surface area contributed by atoms with Gasteiger partial charge in [-0.05, 0) is 44.5 Å². The maximum absolute atomic E-state index is 6.03. The summed E-state index contributed by atoms with van der Waals surface area (Å²) in [5.41, 5.74) is 2.15. The van der Waals surface area contributed by atoms with Crippen LogP contribution in [0.2, 0.25) is 0 Å². The quantitative estimate of drug-likeness (QED) is 0.822. The standard InChI is InChI=1S/C17H24N4O/c1-2-21-11-8-15(19-21)12-20-10-5-7-17(13-20)22-14-16-6-3-4-9-18-16/h3-4,6,8-9,11,17H,2,5,7,10,12-14H2,1H3. The van der Waals surface area contributed by atoms with Crippen LogP contribution >= 0.6 is 0 Å². The van der Waals surface area contributed by atoms with E-state index < -0.39 is 0 Å². The van der Waals surface area contributed by atoms with Crippen LogP contribution < -0.4 is 0 Å². The van der Waals surface area contributed by atoms with Gasteiger partial charge in [0.15, 0.2) is 0 Å². The molecule has 1 aliphatic rings. The second kappa shape index (κ2) is 7.51. The van der Waals surface area contributed by atoms with Crippen LogP contribution in [0.1, 0.15) is 31.2 Å². The van der Waals surface area contributed by atoms with Crippen molar-refractivity contribution in [1.82, 2.24) is 19.7 Å². The van der Waals surface area contributed by atoms with E-state index in [1.165, 1.54) is 6.42 Å². The first-order valence-corrected chi connectivity index (χ1v) is 8.09. The molecule has 0 radical (unpaired) electrons. The van der Waals surface area contributed by atoms with Crippen molar-refractivity contribution in [1.29, 1.82) is 0 Å². The molecule has 1 unspecified atom stereocenters. The Morgan fingerprint density at radius 1 is 1.27 bits per heavy atom. The van der Waals surface area contributed by atoms with E-state index in [4.69, 9.17) is 4.74 Å². The Labute approximate surface area is 131 Å². The first-order chi connectivity index (χ1) is 10.8. The lowest BCUT2D eigenvalue weighted by molar-refractivity contribution is -0.0135. The van der Waals surface area contributed by atoms with Gasteiger partial charge >= 0.3 is 0 Å². The average molecular weight is 300 g/mol. The monoisotopic (exact) mass is 300 g/mol. The molecule has 0 saturated carbocycles. The smallest absolute Gasteiger partial charge is 0.0892 e. The Kier molecular flexibility index (Phi) is 5.19. The fourth-order valence-electron chi connectivity index (χ4n) is 2.87. The molecule has 22 heavy (non-hydrogen) atoms. The molecule has 1 atom stereocenters. The van der Waals surface area contributed by atoms with Gasteiger partial charge in [0.05, 0.1) is 24.1 Å². The van der Waals surface area contributed by atoms with E-state index in [-0.39, 0.29) is 0 Å². The minimum Gasteiger partial charge on any atom is -0.371 e. The SMILES string of the molecule is CCn1ccc(CN2CCCC(OCc3ccccn3)C2)n1. The maximum atomic E-state index is 6.03. The lowest BCUT2D eigenvalue weighted by atomic mass is 10.1. The maximum Gasteiger partial charge on any atom is 0.0892 e. The third-order valence-electron chi connectivity index (χ3n) is 4.06. The molecule has 0 bridgehead atoms. The predicted molar refractivity (Wildman–Crippen MR) is 85.2 cm³/mol. The topological polar surface area (TPSA) is 43.2 Å². The number of rotatable bonds is 6. The fourth-order valence-corrected chi connectivity index (χ4v) is 2.87. The van der Waals surface area contributed by atoms with E-state index in [9.17, 15) is 0 Å². The molecule has 0 spiro atoms. The van der Waals surface area contributed by atoms with Crippen molar-refractivity contribution in [3.8, 4) is 0 Å². The number of pyridine rings is 1. The molecule has 0 N–H and O–H groups in total. The van der Waals surface area contributed by atoms with E-state index >= 15 is 0 Å². The number of nitrogens with zero attached hydrogens (tertiary/aromatic N) is 4. The lowest BCUT2D eigenvalue weighted by Crippen LogP contribution is -2.39. The number of aryl methyl sites for hydroxylation is 1. The number of piperidine rings is 1. The van der Waals surface area contributed by atoms with Crippen LogP contribution in [0.4, 0.5) is 0 Å². The van der Waals surface area contributed by atoms with Crippen molar-refractivity contribution >= 4 is 0 Å². The Hall–Kier alpha value is -1.72. The molecular formula is C17H24N4O. The van der Waals surface area contributed by atoms with E-state index in [1.54, 1.807) is 0 Å². The summed E-state index contributed by atoms with van der Waals surface area (Å²) in [5.74, 6) is 0. The molecule has 1 fully saturated rings. The van der Waals surface area contributed by atoms with Crippen molar-refractivity contribution in [3.63, 3.8) is 0 Å². The highest BCUT2D eigenvalue weighted by Gasteiger charge is 2.21. The molecule has 3 rings (SSSR count). The molecule has 1 saturated heterocycles. The van der Waals surface area contributed by atoms with Crippen molar-refractivity contribution < 1.29 is 4.74 Å². The zero-order valence-electron chi connectivity index (χ0n) is 13.2. The third kappa shape index (κ3) is 4.15. The number of aromatic nitrogens is 3. The fraction of sp³-hybridized carbons (Fsp3) is 0.529. The largest absolute Gasteiger partial charge is 0.371 e. The van der Waals surface area contributed by atoms with Crippen LogP contribution in [0.3, 0.4) is 0 Å². The van der Waals surface area contributed by atoms with Crippen molar-refractivity contribution in [2.24, 2.45) is 0 Å². The van der Waals surface area contributed by atoms with Crippen LogP contribution in [0.5, 0.6) is 0 Å². The van der Waals surface area contributed by atoms with Crippen LogP contribution in [0, 0.1) is 0 Å². The van der Waals surface area contributed by atoms with Gasteiger partial charge in [-0.25, -0.2) is 0 Å². The Morgan fingerprint density at radius 2 is 2.23 bits per heavy atom. The van der Waals surface area contributed by atoms with Crippen molar-refractivity contribution in [2.45, 2.75) is 45.6 Å². The summed E-state index contributed by atoms with van der Waals surface area (Å²) in [5, 5.41) is 4.57. The summed E-state index contributed by atoms with van der Waals surface area (Å²) in [7, 11) is 0. The van der Waals surface area contributed by atoms with Crippen molar-refractivity contribution in [2.75, 3.05) is 13.1 Å². The first kappa shape index (κ1) is 15.2. The normalized spacial score (nSPS) is 19.4. The molecule has 5 nitrogen and oxygen atoms in total. The highest BCUT2D eigenvalue weighted by molar-refractivity contribution is 5.02. The van der Waals surface area contributed by atoms with Gasteiger partial charge in [-0.2, -0.15) is 5.10 Å². The molecule has 0 aliphatic carbocycles. The lowest BCUT2D eigenvalue weighted by Gasteiger charge is -2.32.